The first-order valence-corrected chi connectivity index (χ1v) is 10.6. The smallest absolute Gasteiger partial charge is 0.267 e. The molecule has 0 saturated heterocycles. The van der Waals surface area contributed by atoms with Crippen LogP contribution in [0.1, 0.15) is 11.1 Å². The monoisotopic (exact) mass is 433 g/mol. The summed E-state index contributed by atoms with van der Waals surface area (Å²) in [6.07, 6.45) is 1.61. The molecule has 1 amide bonds. The van der Waals surface area contributed by atoms with Crippen molar-refractivity contribution in [3.05, 3.63) is 120 Å². The number of benzene rings is 4. The predicted molar refractivity (Wildman–Crippen MR) is 130 cm³/mol. The number of fused-ring (bicyclic) bond motifs is 1. The highest BCUT2D eigenvalue weighted by atomic mass is 16.3. The van der Waals surface area contributed by atoms with Crippen molar-refractivity contribution in [2.75, 3.05) is 5.32 Å². The van der Waals surface area contributed by atoms with Crippen LogP contribution in [-0.4, -0.2) is 15.9 Å². The SMILES string of the molecule is N#C/C(=C/N(Cc1ccccc1)Cc1ccccc1)C(=O)Nc1cccc2c(O)cccc12. The molecule has 0 aliphatic heterocycles. The number of aromatic hydroxyl groups is 1. The van der Waals surface area contributed by atoms with Crippen molar-refractivity contribution < 1.29 is 9.90 Å². The average molecular weight is 434 g/mol. The molecule has 0 aromatic heterocycles. The topological polar surface area (TPSA) is 76.4 Å². The molecule has 0 aliphatic rings. The van der Waals surface area contributed by atoms with E-state index in [2.05, 4.69) is 5.32 Å². The second-order valence-electron chi connectivity index (χ2n) is 7.66. The van der Waals surface area contributed by atoms with Gasteiger partial charge in [-0.25, -0.2) is 0 Å². The Hall–Kier alpha value is -4.56. The highest BCUT2D eigenvalue weighted by Gasteiger charge is 2.14. The quantitative estimate of drug-likeness (QED) is 0.294. The third-order valence-electron chi connectivity index (χ3n) is 5.28. The van der Waals surface area contributed by atoms with Crippen molar-refractivity contribution >= 4 is 22.4 Å². The minimum Gasteiger partial charge on any atom is -0.507 e. The maximum Gasteiger partial charge on any atom is 0.267 e. The molecule has 0 saturated carbocycles. The summed E-state index contributed by atoms with van der Waals surface area (Å²) in [7, 11) is 0. The first-order valence-electron chi connectivity index (χ1n) is 10.6. The molecule has 0 fully saturated rings. The number of hydrogen-bond acceptors (Lipinski definition) is 4. The van der Waals surface area contributed by atoms with Crippen LogP contribution in [0.3, 0.4) is 0 Å². The van der Waals surface area contributed by atoms with E-state index in [0.29, 0.717) is 29.5 Å². The maximum atomic E-state index is 13.0. The van der Waals surface area contributed by atoms with Crippen molar-refractivity contribution in [1.82, 2.24) is 4.90 Å². The van der Waals surface area contributed by atoms with Crippen molar-refractivity contribution in [2.45, 2.75) is 13.1 Å². The number of carbonyl (C=O) groups is 1. The Kier molecular flexibility index (Phi) is 6.67. The largest absolute Gasteiger partial charge is 0.507 e. The van der Waals surface area contributed by atoms with E-state index in [1.165, 1.54) is 0 Å². The minimum absolute atomic E-state index is 0.000909. The molecule has 0 radical (unpaired) electrons. The number of anilines is 1. The number of phenols is 1. The van der Waals surface area contributed by atoms with Crippen molar-refractivity contribution in [2.24, 2.45) is 0 Å². The predicted octanol–water partition coefficient (Wildman–Crippen LogP) is 5.59. The second kappa shape index (κ2) is 10.2. The number of nitriles is 1. The number of rotatable bonds is 7. The van der Waals surface area contributed by atoms with E-state index in [1.807, 2.05) is 77.7 Å². The minimum atomic E-state index is -0.500. The van der Waals surface area contributed by atoms with Crippen LogP contribution in [-0.2, 0) is 17.9 Å². The van der Waals surface area contributed by atoms with Crippen LogP contribution < -0.4 is 5.32 Å². The van der Waals surface area contributed by atoms with Gasteiger partial charge in [0, 0.05) is 35.7 Å². The highest BCUT2D eigenvalue weighted by Crippen LogP contribution is 2.30. The fourth-order valence-electron chi connectivity index (χ4n) is 3.70. The third-order valence-corrected chi connectivity index (χ3v) is 5.28. The molecule has 4 rings (SSSR count). The molecule has 33 heavy (non-hydrogen) atoms. The van der Waals surface area contributed by atoms with Crippen LogP contribution in [0.15, 0.2) is 109 Å². The fraction of sp³-hybridized carbons (Fsp3) is 0.0714. The van der Waals surface area contributed by atoms with Crippen molar-refractivity contribution in [1.29, 1.82) is 5.26 Å². The second-order valence-corrected chi connectivity index (χ2v) is 7.66. The van der Waals surface area contributed by atoms with E-state index in [0.717, 1.165) is 11.1 Å². The Morgan fingerprint density at radius 3 is 2.00 bits per heavy atom. The van der Waals surface area contributed by atoms with E-state index in [1.54, 1.807) is 36.5 Å². The maximum absolute atomic E-state index is 13.0. The summed E-state index contributed by atoms with van der Waals surface area (Å²) in [4.78, 5) is 15.0. The molecule has 162 valence electrons. The molecule has 0 atom stereocenters. The first kappa shape index (κ1) is 21.7. The van der Waals surface area contributed by atoms with Crippen LogP contribution >= 0.6 is 0 Å². The lowest BCUT2D eigenvalue weighted by Gasteiger charge is -2.21. The van der Waals surface area contributed by atoms with E-state index < -0.39 is 5.91 Å². The first-order chi connectivity index (χ1) is 16.1. The number of nitrogens with one attached hydrogen (secondary N) is 1. The normalized spacial score (nSPS) is 11.1. The molecule has 0 bridgehead atoms. The van der Waals surface area contributed by atoms with Crippen molar-refractivity contribution in [3.8, 4) is 11.8 Å². The molecular weight excluding hydrogens is 410 g/mol. The number of nitrogens with zero attached hydrogens (tertiary/aromatic N) is 2. The molecular formula is C28H23N3O2. The van der Waals surface area contributed by atoms with Crippen LogP contribution in [0.4, 0.5) is 5.69 Å². The van der Waals surface area contributed by atoms with Gasteiger partial charge in [0.1, 0.15) is 17.4 Å². The highest BCUT2D eigenvalue weighted by molar-refractivity contribution is 6.11. The lowest BCUT2D eigenvalue weighted by Crippen LogP contribution is -2.21. The van der Waals surface area contributed by atoms with Crippen LogP contribution in [0.2, 0.25) is 0 Å². The Bertz CT molecular complexity index is 1280. The van der Waals surface area contributed by atoms with Gasteiger partial charge in [-0.1, -0.05) is 84.9 Å². The number of hydrogen-bond donors (Lipinski definition) is 2. The van der Waals surface area contributed by atoms with Crippen molar-refractivity contribution in [3.63, 3.8) is 0 Å². The Morgan fingerprint density at radius 2 is 1.39 bits per heavy atom. The molecule has 4 aromatic carbocycles. The van der Waals surface area contributed by atoms with Gasteiger partial charge in [-0.2, -0.15) is 5.26 Å². The molecule has 5 heteroatoms. The zero-order chi connectivity index (χ0) is 23.0. The Balaban J connectivity index is 1.61. The average Bonchev–Trinajstić information content (AvgIpc) is 2.84. The number of phenolic OH excluding ortho intramolecular Hbond substituents is 1. The van der Waals surface area contributed by atoms with E-state index in [-0.39, 0.29) is 11.3 Å². The van der Waals surface area contributed by atoms with Gasteiger partial charge < -0.3 is 15.3 Å². The van der Waals surface area contributed by atoms with Crippen LogP contribution in [0.5, 0.6) is 5.75 Å². The summed E-state index contributed by atoms with van der Waals surface area (Å²) in [5.74, 6) is -0.365. The van der Waals surface area contributed by atoms with Gasteiger partial charge in [0.2, 0.25) is 0 Å². The molecule has 0 spiro atoms. The fourth-order valence-corrected chi connectivity index (χ4v) is 3.70. The Labute approximate surface area is 192 Å². The lowest BCUT2D eigenvalue weighted by molar-refractivity contribution is -0.112. The van der Waals surface area contributed by atoms with Gasteiger partial charge in [0.25, 0.3) is 5.91 Å². The summed E-state index contributed by atoms with van der Waals surface area (Å²) in [5.41, 5.74) is 2.69. The van der Waals surface area contributed by atoms with E-state index in [9.17, 15) is 15.2 Å². The van der Waals surface area contributed by atoms with Gasteiger partial charge in [0.15, 0.2) is 0 Å². The summed E-state index contributed by atoms with van der Waals surface area (Å²) < 4.78 is 0. The summed E-state index contributed by atoms with van der Waals surface area (Å²) in [6.45, 7) is 1.10. The summed E-state index contributed by atoms with van der Waals surface area (Å²) >= 11 is 0. The summed E-state index contributed by atoms with van der Waals surface area (Å²) in [6, 6.07) is 32.3. The zero-order valence-electron chi connectivity index (χ0n) is 18.0. The van der Waals surface area contributed by atoms with Gasteiger partial charge in [0.05, 0.1) is 0 Å². The van der Waals surface area contributed by atoms with E-state index >= 15 is 0 Å². The summed E-state index contributed by atoms with van der Waals surface area (Å²) in [5, 5.41) is 24.0. The molecule has 0 aliphatic carbocycles. The van der Waals surface area contributed by atoms with Gasteiger partial charge in [-0.3, -0.25) is 4.79 Å². The molecule has 0 unspecified atom stereocenters. The number of amides is 1. The molecule has 4 aromatic rings. The lowest BCUT2D eigenvalue weighted by atomic mass is 10.1. The van der Waals surface area contributed by atoms with E-state index in [4.69, 9.17) is 0 Å². The molecule has 0 heterocycles. The standard InChI is InChI=1S/C28H23N3O2/c29-17-23(28(33)30-26-15-7-14-25-24(26)13-8-16-27(25)32)20-31(18-21-9-3-1-4-10-21)19-22-11-5-2-6-12-22/h1-16,20,32H,18-19H2,(H,30,33)/b23-20-. The van der Waals surface area contributed by atoms with Gasteiger partial charge in [-0.05, 0) is 23.3 Å². The van der Waals surface area contributed by atoms with Crippen LogP contribution in [0.25, 0.3) is 10.8 Å². The molecule has 2 N–H and O–H groups in total. The Morgan fingerprint density at radius 1 is 0.818 bits per heavy atom. The molecule has 5 nitrogen and oxygen atoms in total. The van der Waals surface area contributed by atoms with Crippen LogP contribution in [0, 0.1) is 11.3 Å². The third kappa shape index (κ3) is 5.38. The zero-order valence-corrected chi connectivity index (χ0v) is 18.0. The van der Waals surface area contributed by atoms with Gasteiger partial charge in [-0.15, -0.1) is 0 Å². The van der Waals surface area contributed by atoms with Gasteiger partial charge >= 0.3 is 0 Å². The number of carbonyl (C=O) groups excluding carboxylic acids is 1.